The second-order valence-electron chi connectivity index (χ2n) is 7.83. The molecule has 0 amide bonds. The standard InChI is InChI=1S/C24H25ClN4O2/c1-14-16(3)29(13-17-11-26-28(4)12-17)24-22(14)23(18-6-8-19(25)9-7-18)20(15(2)27-24)10-21(30)31-5/h6-9,11-12H,10,13H2,1-5H3. The number of nitrogens with zero attached hydrogens (tertiary/aromatic N) is 4. The van der Waals surface area contributed by atoms with E-state index >= 15 is 0 Å². The maximum Gasteiger partial charge on any atom is 0.310 e. The number of halogens is 1. The van der Waals surface area contributed by atoms with Crippen LogP contribution in [0.5, 0.6) is 0 Å². The first-order chi connectivity index (χ1) is 14.8. The lowest BCUT2D eigenvalue weighted by atomic mass is 9.92. The minimum absolute atomic E-state index is 0.162. The molecule has 4 aromatic rings. The maximum absolute atomic E-state index is 12.2. The molecule has 0 aliphatic rings. The van der Waals surface area contributed by atoms with Crippen LogP contribution in [0.2, 0.25) is 5.02 Å². The highest BCUT2D eigenvalue weighted by Crippen LogP contribution is 2.38. The van der Waals surface area contributed by atoms with Crippen LogP contribution in [0.1, 0.15) is 28.1 Å². The second kappa shape index (κ2) is 8.19. The fraction of sp³-hybridized carbons (Fsp3) is 0.292. The van der Waals surface area contributed by atoms with Crippen molar-refractivity contribution in [3.8, 4) is 11.1 Å². The fourth-order valence-corrected chi connectivity index (χ4v) is 4.24. The third-order valence-corrected chi connectivity index (χ3v) is 6.10. The molecule has 0 spiro atoms. The van der Waals surface area contributed by atoms with Crippen molar-refractivity contribution in [1.82, 2.24) is 19.3 Å². The molecule has 3 aromatic heterocycles. The topological polar surface area (TPSA) is 61.9 Å². The summed E-state index contributed by atoms with van der Waals surface area (Å²) in [5, 5.41) is 6.01. The number of rotatable bonds is 5. The SMILES string of the molecule is COC(=O)Cc1c(C)nc2c(c(C)c(C)n2Cc2cnn(C)c2)c1-c1ccc(Cl)cc1. The molecule has 0 atom stereocenters. The molecule has 160 valence electrons. The number of aryl methyl sites for hydroxylation is 3. The molecular weight excluding hydrogens is 412 g/mol. The number of pyridine rings is 1. The van der Waals surface area contributed by atoms with Gasteiger partial charge in [0.15, 0.2) is 0 Å². The summed E-state index contributed by atoms with van der Waals surface area (Å²) in [6.07, 6.45) is 4.05. The number of carbonyl (C=O) groups excluding carboxylic acids is 1. The van der Waals surface area contributed by atoms with Crippen molar-refractivity contribution in [3.05, 3.63) is 69.8 Å². The minimum atomic E-state index is -0.288. The molecule has 7 heteroatoms. The highest BCUT2D eigenvalue weighted by Gasteiger charge is 2.23. The fourth-order valence-electron chi connectivity index (χ4n) is 4.12. The zero-order valence-corrected chi connectivity index (χ0v) is 19.1. The zero-order chi connectivity index (χ0) is 22.3. The molecule has 0 bridgehead atoms. The minimum Gasteiger partial charge on any atom is -0.469 e. The lowest BCUT2D eigenvalue weighted by molar-refractivity contribution is -0.139. The van der Waals surface area contributed by atoms with Crippen molar-refractivity contribution in [2.45, 2.75) is 33.7 Å². The van der Waals surface area contributed by atoms with E-state index in [1.807, 2.05) is 50.6 Å². The van der Waals surface area contributed by atoms with Gasteiger partial charge in [-0.05, 0) is 55.2 Å². The van der Waals surface area contributed by atoms with Gasteiger partial charge in [-0.1, -0.05) is 23.7 Å². The molecule has 4 rings (SSSR count). The van der Waals surface area contributed by atoms with Crippen molar-refractivity contribution in [1.29, 1.82) is 0 Å². The number of fused-ring (bicyclic) bond motifs is 1. The first-order valence-corrected chi connectivity index (χ1v) is 10.5. The van der Waals surface area contributed by atoms with Crippen LogP contribution >= 0.6 is 11.6 Å². The van der Waals surface area contributed by atoms with E-state index in [2.05, 4.69) is 23.5 Å². The van der Waals surface area contributed by atoms with E-state index in [4.69, 9.17) is 21.3 Å². The summed E-state index contributed by atoms with van der Waals surface area (Å²) in [5.74, 6) is -0.288. The first-order valence-electron chi connectivity index (χ1n) is 10.1. The average Bonchev–Trinajstić information content (AvgIpc) is 3.26. The van der Waals surface area contributed by atoms with E-state index in [0.717, 1.165) is 50.2 Å². The molecule has 31 heavy (non-hydrogen) atoms. The van der Waals surface area contributed by atoms with Gasteiger partial charge >= 0.3 is 5.97 Å². The largest absolute Gasteiger partial charge is 0.469 e. The van der Waals surface area contributed by atoms with Crippen molar-refractivity contribution in [2.75, 3.05) is 7.11 Å². The van der Waals surface area contributed by atoms with Crippen LogP contribution < -0.4 is 0 Å². The van der Waals surface area contributed by atoms with E-state index < -0.39 is 0 Å². The predicted octanol–water partition coefficient (Wildman–Crippen LogP) is 4.78. The number of methoxy groups -OCH3 is 1. The molecule has 0 N–H and O–H groups in total. The lowest BCUT2D eigenvalue weighted by Crippen LogP contribution is -2.10. The summed E-state index contributed by atoms with van der Waals surface area (Å²) in [7, 11) is 3.32. The Morgan fingerprint density at radius 3 is 2.48 bits per heavy atom. The Bertz CT molecular complexity index is 1290. The summed E-state index contributed by atoms with van der Waals surface area (Å²) in [4.78, 5) is 17.2. The molecule has 1 aromatic carbocycles. The molecule has 0 fully saturated rings. The molecule has 0 aliphatic carbocycles. The Morgan fingerprint density at radius 1 is 1.16 bits per heavy atom. The third-order valence-electron chi connectivity index (χ3n) is 5.84. The van der Waals surface area contributed by atoms with Gasteiger partial charge in [0.05, 0.1) is 26.3 Å². The van der Waals surface area contributed by atoms with Crippen LogP contribution in [0.4, 0.5) is 0 Å². The lowest BCUT2D eigenvalue weighted by Gasteiger charge is -2.15. The third kappa shape index (κ3) is 3.83. The van der Waals surface area contributed by atoms with Crippen LogP contribution in [0, 0.1) is 20.8 Å². The van der Waals surface area contributed by atoms with Crippen LogP contribution in [-0.2, 0) is 29.5 Å². The van der Waals surface area contributed by atoms with Crippen molar-refractivity contribution < 1.29 is 9.53 Å². The summed E-state index contributed by atoms with van der Waals surface area (Å²) < 4.78 is 8.99. The quantitative estimate of drug-likeness (QED) is 0.422. The van der Waals surface area contributed by atoms with E-state index in [0.29, 0.717) is 11.6 Å². The Balaban J connectivity index is 2.02. The summed E-state index contributed by atoms with van der Waals surface area (Å²) in [5.41, 5.74) is 7.98. The van der Waals surface area contributed by atoms with Gasteiger partial charge in [-0.15, -0.1) is 0 Å². The van der Waals surface area contributed by atoms with E-state index in [1.54, 1.807) is 4.68 Å². The summed E-state index contributed by atoms with van der Waals surface area (Å²) >= 11 is 6.15. The van der Waals surface area contributed by atoms with Gasteiger partial charge in [0.2, 0.25) is 0 Å². The van der Waals surface area contributed by atoms with Crippen molar-refractivity contribution >= 4 is 28.6 Å². The van der Waals surface area contributed by atoms with Gasteiger partial charge in [-0.2, -0.15) is 5.10 Å². The molecule has 0 radical (unpaired) electrons. The molecule has 0 aliphatic heterocycles. The monoisotopic (exact) mass is 436 g/mol. The smallest absolute Gasteiger partial charge is 0.310 e. The molecule has 0 saturated heterocycles. The van der Waals surface area contributed by atoms with Crippen LogP contribution in [0.25, 0.3) is 22.2 Å². The van der Waals surface area contributed by atoms with Gasteiger partial charge in [-0.25, -0.2) is 4.98 Å². The van der Waals surface area contributed by atoms with Gasteiger partial charge in [-0.3, -0.25) is 9.48 Å². The summed E-state index contributed by atoms with van der Waals surface area (Å²) in [6.45, 7) is 6.83. The highest BCUT2D eigenvalue weighted by molar-refractivity contribution is 6.30. The number of carbonyl (C=O) groups is 1. The van der Waals surface area contributed by atoms with Gasteiger partial charge in [0, 0.05) is 40.6 Å². The van der Waals surface area contributed by atoms with E-state index in [-0.39, 0.29) is 12.4 Å². The van der Waals surface area contributed by atoms with Crippen LogP contribution in [0.15, 0.2) is 36.7 Å². The van der Waals surface area contributed by atoms with Gasteiger partial charge < -0.3 is 9.30 Å². The highest BCUT2D eigenvalue weighted by atomic mass is 35.5. The zero-order valence-electron chi connectivity index (χ0n) is 18.4. The molecule has 6 nitrogen and oxygen atoms in total. The number of hydrogen-bond acceptors (Lipinski definition) is 4. The summed E-state index contributed by atoms with van der Waals surface area (Å²) in [6, 6.07) is 7.72. The molecule has 3 heterocycles. The van der Waals surface area contributed by atoms with Crippen LogP contribution in [0.3, 0.4) is 0 Å². The Morgan fingerprint density at radius 2 is 1.87 bits per heavy atom. The number of esters is 1. The maximum atomic E-state index is 12.2. The number of ether oxygens (including phenoxy) is 1. The number of hydrogen-bond donors (Lipinski definition) is 0. The average molecular weight is 437 g/mol. The van der Waals surface area contributed by atoms with E-state index in [9.17, 15) is 4.79 Å². The molecular formula is C24H25ClN4O2. The first kappa shape index (κ1) is 21.1. The van der Waals surface area contributed by atoms with Gasteiger partial charge in [0.1, 0.15) is 5.65 Å². The van der Waals surface area contributed by atoms with E-state index in [1.165, 1.54) is 7.11 Å². The number of aromatic nitrogens is 4. The van der Waals surface area contributed by atoms with Crippen molar-refractivity contribution in [2.24, 2.45) is 7.05 Å². The second-order valence-corrected chi connectivity index (χ2v) is 8.26. The Kier molecular flexibility index (Phi) is 5.58. The Hall–Kier alpha value is -3.12. The van der Waals surface area contributed by atoms with Gasteiger partial charge in [0.25, 0.3) is 0 Å². The van der Waals surface area contributed by atoms with Crippen molar-refractivity contribution in [3.63, 3.8) is 0 Å². The molecule has 0 saturated carbocycles. The normalized spacial score (nSPS) is 11.3. The molecule has 0 unspecified atom stereocenters. The van der Waals surface area contributed by atoms with Crippen LogP contribution in [-0.4, -0.2) is 32.4 Å². The number of benzene rings is 1. The Labute approximate surface area is 186 Å². The predicted molar refractivity (Wildman–Crippen MR) is 122 cm³/mol.